The highest BCUT2D eigenvalue weighted by Gasteiger charge is 2.29. The van der Waals surface area contributed by atoms with Crippen molar-refractivity contribution in [3.8, 4) is 11.5 Å². The van der Waals surface area contributed by atoms with Gasteiger partial charge in [0.2, 0.25) is 0 Å². The van der Waals surface area contributed by atoms with Crippen LogP contribution in [0.15, 0.2) is 18.2 Å². The van der Waals surface area contributed by atoms with Crippen molar-refractivity contribution in [1.82, 2.24) is 0 Å². The average Bonchev–Trinajstić information content (AvgIpc) is 2.36. The summed E-state index contributed by atoms with van der Waals surface area (Å²) in [5.74, 6) is 0.719. The monoisotopic (exact) mass is 238 g/mol. The SMILES string of the molecule is CCC(C)(O)C(=O)c1cc(OC)cc(OC)c1. The van der Waals surface area contributed by atoms with Crippen molar-refractivity contribution in [2.75, 3.05) is 14.2 Å². The zero-order valence-electron chi connectivity index (χ0n) is 10.6. The molecule has 0 amide bonds. The molecule has 0 aromatic heterocycles. The van der Waals surface area contributed by atoms with Gasteiger partial charge in [0, 0.05) is 11.6 Å². The van der Waals surface area contributed by atoms with E-state index in [0.717, 1.165) is 0 Å². The molecule has 0 bridgehead atoms. The number of ether oxygens (including phenoxy) is 2. The topological polar surface area (TPSA) is 55.8 Å². The van der Waals surface area contributed by atoms with Gasteiger partial charge >= 0.3 is 0 Å². The van der Waals surface area contributed by atoms with E-state index >= 15 is 0 Å². The molecule has 17 heavy (non-hydrogen) atoms. The first-order valence-corrected chi connectivity index (χ1v) is 5.45. The Morgan fingerprint density at radius 1 is 1.24 bits per heavy atom. The van der Waals surface area contributed by atoms with Crippen LogP contribution in [0.1, 0.15) is 30.6 Å². The fourth-order valence-electron chi connectivity index (χ4n) is 1.41. The van der Waals surface area contributed by atoms with E-state index in [0.29, 0.717) is 23.5 Å². The smallest absolute Gasteiger partial charge is 0.194 e. The second kappa shape index (κ2) is 5.19. The minimum atomic E-state index is -1.36. The van der Waals surface area contributed by atoms with Crippen LogP contribution in [0.2, 0.25) is 0 Å². The predicted molar refractivity (Wildman–Crippen MR) is 64.8 cm³/mol. The lowest BCUT2D eigenvalue weighted by Crippen LogP contribution is -2.34. The van der Waals surface area contributed by atoms with Crippen LogP contribution in [0, 0.1) is 0 Å². The molecule has 94 valence electrons. The van der Waals surface area contributed by atoms with Gasteiger partial charge in [-0.2, -0.15) is 0 Å². The third kappa shape index (κ3) is 2.97. The molecule has 0 spiro atoms. The number of methoxy groups -OCH3 is 2. The maximum absolute atomic E-state index is 12.1. The van der Waals surface area contributed by atoms with Gasteiger partial charge in [-0.05, 0) is 25.5 Å². The Hall–Kier alpha value is -1.55. The highest BCUT2D eigenvalue weighted by atomic mass is 16.5. The van der Waals surface area contributed by atoms with Crippen LogP contribution < -0.4 is 9.47 Å². The van der Waals surface area contributed by atoms with E-state index in [-0.39, 0.29) is 5.78 Å². The zero-order valence-corrected chi connectivity index (χ0v) is 10.6. The number of hydrogen-bond acceptors (Lipinski definition) is 4. The molecule has 4 nitrogen and oxygen atoms in total. The molecule has 0 aliphatic rings. The minimum Gasteiger partial charge on any atom is -0.497 e. The molecule has 1 rings (SSSR count). The summed E-state index contributed by atoms with van der Waals surface area (Å²) in [4.78, 5) is 12.1. The van der Waals surface area contributed by atoms with Gasteiger partial charge in [-0.25, -0.2) is 0 Å². The normalized spacial score (nSPS) is 13.9. The molecule has 0 radical (unpaired) electrons. The second-order valence-corrected chi connectivity index (χ2v) is 4.06. The quantitative estimate of drug-likeness (QED) is 0.798. The van der Waals surface area contributed by atoms with Crippen molar-refractivity contribution < 1.29 is 19.4 Å². The minimum absolute atomic E-state index is 0.336. The van der Waals surface area contributed by atoms with Crippen LogP contribution in [0.25, 0.3) is 0 Å². The highest BCUT2D eigenvalue weighted by molar-refractivity contribution is 6.02. The van der Waals surface area contributed by atoms with Crippen molar-refractivity contribution in [3.05, 3.63) is 23.8 Å². The Balaban J connectivity index is 3.17. The molecule has 1 N–H and O–H groups in total. The molecule has 0 heterocycles. The number of ketones is 1. The summed E-state index contributed by atoms with van der Waals surface area (Å²) >= 11 is 0. The summed E-state index contributed by atoms with van der Waals surface area (Å²) in [5.41, 5.74) is -0.981. The van der Waals surface area contributed by atoms with Crippen LogP contribution in [-0.4, -0.2) is 30.7 Å². The van der Waals surface area contributed by atoms with E-state index in [9.17, 15) is 9.90 Å². The van der Waals surface area contributed by atoms with Gasteiger partial charge < -0.3 is 14.6 Å². The first kappa shape index (κ1) is 13.5. The second-order valence-electron chi connectivity index (χ2n) is 4.06. The van der Waals surface area contributed by atoms with E-state index in [1.807, 2.05) is 0 Å². The number of aliphatic hydroxyl groups is 1. The van der Waals surface area contributed by atoms with E-state index in [1.165, 1.54) is 21.1 Å². The van der Waals surface area contributed by atoms with Crippen molar-refractivity contribution >= 4 is 5.78 Å². The average molecular weight is 238 g/mol. The molecule has 0 saturated carbocycles. The first-order valence-electron chi connectivity index (χ1n) is 5.45. The van der Waals surface area contributed by atoms with E-state index in [2.05, 4.69) is 0 Å². The maximum Gasteiger partial charge on any atom is 0.194 e. The van der Waals surface area contributed by atoms with Gasteiger partial charge in [0.05, 0.1) is 14.2 Å². The fourth-order valence-corrected chi connectivity index (χ4v) is 1.41. The van der Waals surface area contributed by atoms with E-state index in [4.69, 9.17) is 9.47 Å². The van der Waals surface area contributed by atoms with Gasteiger partial charge in [-0.1, -0.05) is 6.92 Å². The van der Waals surface area contributed by atoms with Gasteiger partial charge in [-0.15, -0.1) is 0 Å². The van der Waals surface area contributed by atoms with Crippen LogP contribution in [0.5, 0.6) is 11.5 Å². The molecule has 0 aliphatic carbocycles. The summed E-state index contributed by atoms with van der Waals surface area (Å²) in [6.45, 7) is 3.26. The van der Waals surface area contributed by atoms with Gasteiger partial charge in [0.15, 0.2) is 5.78 Å². The fraction of sp³-hybridized carbons (Fsp3) is 0.462. The lowest BCUT2D eigenvalue weighted by molar-refractivity contribution is 0.0390. The Kier molecular flexibility index (Phi) is 4.12. The molecular weight excluding hydrogens is 220 g/mol. The van der Waals surface area contributed by atoms with E-state index in [1.54, 1.807) is 25.1 Å². The predicted octanol–water partition coefficient (Wildman–Crippen LogP) is 2.05. The summed E-state index contributed by atoms with van der Waals surface area (Å²) in [6.07, 6.45) is 0.353. The molecule has 1 atom stereocenters. The van der Waals surface area contributed by atoms with Crippen molar-refractivity contribution in [1.29, 1.82) is 0 Å². The number of hydrogen-bond donors (Lipinski definition) is 1. The van der Waals surface area contributed by atoms with Crippen LogP contribution in [0.4, 0.5) is 0 Å². The third-order valence-electron chi connectivity index (χ3n) is 2.79. The highest BCUT2D eigenvalue weighted by Crippen LogP contribution is 2.26. The van der Waals surface area contributed by atoms with Gasteiger partial charge in [-0.3, -0.25) is 4.79 Å². The Bertz CT molecular complexity index is 388. The molecule has 1 aromatic rings. The first-order chi connectivity index (χ1) is 7.94. The molecule has 0 aliphatic heterocycles. The number of benzene rings is 1. The van der Waals surface area contributed by atoms with Crippen LogP contribution in [0.3, 0.4) is 0 Å². The number of carbonyl (C=O) groups is 1. The Labute approximate surface area is 101 Å². The third-order valence-corrected chi connectivity index (χ3v) is 2.79. The zero-order chi connectivity index (χ0) is 13.1. The summed E-state index contributed by atoms with van der Waals surface area (Å²) < 4.78 is 10.2. The Morgan fingerprint density at radius 2 is 1.71 bits per heavy atom. The number of carbonyl (C=O) groups excluding carboxylic acids is 1. The molecule has 1 unspecified atom stereocenters. The largest absolute Gasteiger partial charge is 0.497 e. The van der Waals surface area contributed by atoms with Crippen LogP contribution >= 0.6 is 0 Å². The summed E-state index contributed by atoms with van der Waals surface area (Å²) in [6, 6.07) is 4.86. The molecular formula is C13H18O4. The Morgan fingerprint density at radius 3 is 2.06 bits per heavy atom. The molecule has 0 saturated heterocycles. The lowest BCUT2D eigenvalue weighted by atomic mass is 9.92. The molecule has 0 fully saturated rings. The summed E-state index contributed by atoms with van der Waals surface area (Å²) in [7, 11) is 3.03. The van der Waals surface area contributed by atoms with Crippen LogP contribution in [-0.2, 0) is 0 Å². The van der Waals surface area contributed by atoms with Crippen molar-refractivity contribution in [2.45, 2.75) is 25.9 Å². The van der Waals surface area contributed by atoms with Crippen molar-refractivity contribution in [3.63, 3.8) is 0 Å². The molecule has 4 heteroatoms. The lowest BCUT2D eigenvalue weighted by Gasteiger charge is -2.20. The molecule has 1 aromatic carbocycles. The maximum atomic E-state index is 12.1. The van der Waals surface area contributed by atoms with E-state index < -0.39 is 5.60 Å². The van der Waals surface area contributed by atoms with Gasteiger partial charge in [0.1, 0.15) is 17.1 Å². The standard InChI is InChI=1S/C13H18O4/c1-5-13(2,15)12(14)9-6-10(16-3)8-11(7-9)17-4/h6-8,15H,5H2,1-4H3. The van der Waals surface area contributed by atoms with Gasteiger partial charge in [0.25, 0.3) is 0 Å². The number of Topliss-reactive ketones (excluding diaryl/α,β-unsaturated/α-hetero) is 1. The number of rotatable bonds is 5. The van der Waals surface area contributed by atoms with Crippen molar-refractivity contribution in [2.24, 2.45) is 0 Å². The summed E-state index contributed by atoms with van der Waals surface area (Å²) in [5, 5.41) is 9.94.